The van der Waals surface area contributed by atoms with Crippen LogP contribution in [0.25, 0.3) is 0 Å². The minimum absolute atomic E-state index is 0. The second kappa shape index (κ2) is 7.99. The quantitative estimate of drug-likeness (QED) is 0.287. The Hall–Kier alpha value is 1.89. The van der Waals surface area contributed by atoms with Crippen molar-refractivity contribution in [2.24, 2.45) is 0 Å². The molecule has 0 heterocycles. The summed E-state index contributed by atoms with van der Waals surface area (Å²) in [5.74, 6) is 0.632. The molecule has 0 radical (unpaired) electrons. The van der Waals surface area contributed by atoms with Crippen molar-refractivity contribution in [2.75, 3.05) is 0 Å². The predicted octanol–water partition coefficient (Wildman–Crippen LogP) is -6.56. The van der Waals surface area contributed by atoms with Crippen LogP contribution < -0.4 is 68.9 Å². The van der Waals surface area contributed by atoms with Crippen LogP contribution in [0.4, 0.5) is 0 Å². The first-order valence-electron chi connectivity index (χ1n) is 1.72. The van der Waals surface area contributed by atoms with Crippen molar-refractivity contribution in [1.82, 2.24) is 0 Å². The topological polar surface area (TPSA) is 63.2 Å². The Bertz CT molecular complexity index is 118. The van der Waals surface area contributed by atoms with E-state index in [1.165, 1.54) is 13.0 Å². The molecule has 0 aliphatic heterocycles. The normalized spacial score (nSPS) is 10.1. The molecular weight excluding hydrogens is 161 g/mol. The van der Waals surface area contributed by atoms with Crippen molar-refractivity contribution < 1.29 is 73.5 Å². The molecule has 0 aromatic carbocycles. The van der Waals surface area contributed by atoms with Crippen LogP contribution >= 0.6 is 7.60 Å². The SMILES string of the molecule is C/C=C\P(=O)([O-])[O-].[Na+].[Na+]. The Morgan fingerprint density at radius 2 is 1.67 bits per heavy atom. The summed E-state index contributed by atoms with van der Waals surface area (Å²) < 4.78 is 9.62. The summed E-state index contributed by atoms with van der Waals surface area (Å²) >= 11 is 0. The molecule has 42 valence electrons. The number of allylic oxidation sites excluding steroid dienone is 1. The molecule has 0 fully saturated rings. The van der Waals surface area contributed by atoms with Crippen molar-refractivity contribution in [1.29, 1.82) is 0 Å². The molecule has 0 unspecified atom stereocenters. The first-order chi connectivity index (χ1) is 3.06. The molecule has 3 nitrogen and oxygen atoms in total. The molecule has 0 bridgehead atoms. The third-order valence-corrected chi connectivity index (χ3v) is 0.995. The Kier molecular flexibility index (Phi) is 15.2. The smallest absolute Gasteiger partial charge is 0.808 e. The van der Waals surface area contributed by atoms with Crippen LogP contribution in [0.1, 0.15) is 6.92 Å². The van der Waals surface area contributed by atoms with Gasteiger partial charge in [0.15, 0.2) is 0 Å². The summed E-state index contributed by atoms with van der Waals surface area (Å²) in [5, 5.41) is 0. The van der Waals surface area contributed by atoms with Crippen LogP contribution in [-0.4, -0.2) is 0 Å². The maximum absolute atomic E-state index is 9.62. The third kappa shape index (κ3) is 17.7. The van der Waals surface area contributed by atoms with E-state index in [0.29, 0.717) is 5.82 Å². The molecular formula is C3H5Na2O3P. The first kappa shape index (κ1) is 17.1. The molecule has 0 aliphatic rings. The number of hydrogen-bond donors (Lipinski definition) is 0. The van der Waals surface area contributed by atoms with Gasteiger partial charge in [0.05, 0.1) is 0 Å². The van der Waals surface area contributed by atoms with Gasteiger partial charge in [-0.25, -0.2) is 0 Å². The van der Waals surface area contributed by atoms with E-state index in [9.17, 15) is 14.4 Å². The third-order valence-electron chi connectivity index (χ3n) is 0.332. The van der Waals surface area contributed by atoms with Gasteiger partial charge in [0.2, 0.25) is 0 Å². The van der Waals surface area contributed by atoms with Crippen molar-refractivity contribution in [3.8, 4) is 0 Å². The summed E-state index contributed by atoms with van der Waals surface area (Å²) in [5.41, 5.74) is 0. The minimum Gasteiger partial charge on any atom is -0.808 e. The van der Waals surface area contributed by atoms with Crippen LogP contribution in [0.2, 0.25) is 0 Å². The van der Waals surface area contributed by atoms with Crippen molar-refractivity contribution in [3.63, 3.8) is 0 Å². The van der Waals surface area contributed by atoms with E-state index in [0.717, 1.165) is 0 Å². The fourth-order valence-corrected chi connectivity index (χ4v) is 0.548. The average molecular weight is 166 g/mol. The van der Waals surface area contributed by atoms with Gasteiger partial charge >= 0.3 is 59.1 Å². The number of hydrogen-bond acceptors (Lipinski definition) is 3. The molecule has 0 spiro atoms. The van der Waals surface area contributed by atoms with E-state index >= 15 is 0 Å². The molecule has 0 aromatic heterocycles. The molecule has 0 amide bonds. The van der Waals surface area contributed by atoms with Gasteiger partial charge < -0.3 is 14.4 Å². The molecule has 0 aromatic rings. The average Bonchev–Trinajstić information content (AvgIpc) is 1.30. The minimum atomic E-state index is -4.35. The zero-order chi connectivity index (χ0) is 5.91. The summed E-state index contributed by atoms with van der Waals surface area (Å²) in [4.78, 5) is 19.2. The van der Waals surface area contributed by atoms with Crippen molar-refractivity contribution >= 4 is 7.60 Å². The van der Waals surface area contributed by atoms with Crippen LogP contribution in [0.15, 0.2) is 11.9 Å². The van der Waals surface area contributed by atoms with Gasteiger partial charge in [-0.05, 0) is 14.5 Å². The van der Waals surface area contributed by atoms with E-state index in [4.69, 9.17) is 0 Å². The fraction of sp³-hybridized carbons (Fsp3) is 0.333. The van der Waals surface area contributed by atoms with E-state index in [-0.39, 0.29) is 59.1 Å². The van der Waals surface area contributed by atoms with Gasteiger partial charge in [-0.2, -0.15) is 0 Å². The second-order valence-electron chi connectivity index (χ2n) is 1.02. The summed E-state index contributed by atoms with van der Waals surface area (Å²) in [6.45, 7) is 1.47. The largest absolute Gasteiger partial charge is 1.00 e. The molecule has 6 heteroatoms. The summed E-state index contributed by atoms with van der Waals surface area (Å²) in [6.07, 6.45) is 1.20. The Morgan fingerprint density at radius 3 is 1.67 bits per heavy atom. The molecule has 9 heavy (non-hydrogen) atoms. The molecule has 0 saturated carbocycles. The molecule has 0 aliphatic carbocycles. The van der Waals surface area contributed by atoms with Gasteiger partial charge in [-0.3, -0.25) is 0 Å². The maximum Gasteiger partial charge on any atom is 1.00 e. The Morgan fingerprint density at radius 1 is 1.33 bits per heavy atom. The van der Waals surface area contributed by atoms with Gasteiger partial charge in [0.25, 0.3) is 0 Å². The molecule has 0 N–H and O–H groups in total. The van der Waals surface area contributed by atoms with Gasteiger partial charge in [-0.15, -0.1) is 0 Å². The second-order valence-corrected chi connectivity index (χ2v) is 2.40. The zero-order valence-corrected chi connectivity index (χ0v) is 10.7. The van der Waals surface area contributed by atoms with Gasteiger partial charge in [0.1, 0.15) is 0 Å². The maximum atomic E-state index is 9.62. The van der Waals surface area contributed by atoms with Crippen LogP contribution in [0, 0.1) is 0 Å². The van der Waals surface area contributed by atoms with Crippen molar-refractivity contribution in [2.45, 2.75) is 6.92 Å². The summed E-state index contributed by atoms with van der Waals surface area (Å²) in [7, 11) is -4.35. The van der Waals surface area contributed by atoms with Crippen LogP contribution in [-0.2, 0) is 4.57 Å². The summed E-state index contributed by atoms with van der Waals surface area (Å²) in [6, 6.07) is 0. The number of rotatable bonds is 1. The fourth-order valence-electron chi connectivity index (χ4n) is 0.183. The van der Waals surface area contributed by atoms with Crippen LogP contribution in [0.3, 0.4) is 0 Å². The van der Waals surface area contributed by atoms with E-state index in [1.807, 2.05) is 0 Å². The Balaban J connectivity index is -0.000000180. The predicted molar refractivity (Wildman–Crippen MR) is 22.4 cm³/mol. The monoisotopic (exact) mass is 166 g/mol. The van der Waals surface area contributed by atoms with Crippen molar-refractivity contribution in [3.05, 3.63) is 11.9 Å². The van der Waals surface area contributed by atoms with E-state index < -0.39 is 7.60 Å². The Labute approximate surface area is 98.7 Å². The van der Waals surface area contributed by atoms with Gasteiger partial charge in [0, 0.05) is 0 Å². The standard InChI is InChI=1S/C3H7O3P.2Na/c1-2-3-7(4,5)6;;/h2-3H,1H3,(H2,4,5,6);;/q;2*+1/p-2/b3-2-;;. The van der Waals surface area contributed by atoms with E-state index in [1.54, 1.807) is 0 Å². The zero-order valence-electron chi connectivity index (χ0n) is 5.83. The molecule has 0 saturated heterocycles. The molecule has 0 rings (SSSR count). The first-order valence-corrected chi connectivity index (χ1v) is 3.33. The van der Waals surface area contributed by atoms with Gasteiger partial charge in [-0.1, -0.05) is 11.9 Å². The molecule has 0 atom stereocenters. The van der Waals surface area contributed by atoms with Crippen LogP contribution in [0.5, 0.6) is 0 Å². The van der Waals surface area contributed by atoms with E-state index in [2.05, 4.69) is 0 Å².